The SMILES string of the molecule is CN(C)c1cccc(N/C=C(/C#N)C(=O)Nc2cccc(Cl)c2)c1. The molecule has 2 aromatic carbocycles. The molecule has 0 aromatic heterocycles. The molecule has 2 N–H and O–H groups in total. The van der Waals surface area contributed by atoms with Crippen LogP contribution >= 0.6 is 11.6 Å². The van der Waals surface area contributed by atoms with Crippen molar-refractivity contribution in [2.45, 2.75) is 0 Å². The fourth-order valence-electron chi connectivity index (χ4n) is 1.94. The molecule has 1 amide bonds. The first-order valence-corrected chi connectivity index (χ1v) is 7.58. The summed E-state index contributed by atoms with van der Waals surface area (Å²) in [5.41, 5.74) is 2.29. The number of rotatable bonds is 5. The number of amides is 1. The van der Waals surface area contributed by atoms with Gasteiger partial charge in [-0.05, 0) is 36.4 Å². The van der Waals surface area contributed by atoms with Gasteiger partial charge in [-0.25, -0.2) is 0 Å². The minimum atomic E-state index is -0.504. The van der Waals surface area contributed by atoms with Crippen molar-refractivity contribution < 1.29 is 4.79 Å². The summed E-state index contributed by atoms with van der Waals surface area (Å²) in [7, 11) is 3.88. The van der Waals surface area contributed by atoms with Crippen LogP contribution in [0.25, 0.3) is 0 Å². The minimum absolute atomic E-state index is 0.0368. The van der Waals surface area contributed by atoms with Crippen molar-refractivity contribution in [3.8, 4) is 6.07 Å². The van der Waals surface area contributed by atoms with Crippen LogP contribution in [0, 0.1) is 11.3 Å². The first-order chi connectivity index (χ1) is 11.5. The average Bonchev–Trinajstić information content (AvgIpc) is 2.55. The van der Waals surface area contributed by atoms with E-state index in [4.69, 9.17) is 11.6 Å². The van der Waals surface area contributed by atoms with E-state index in [-0.39, 0.29) is 5.57 Å². The van der Waals surface area contributed by atoms with Crippen molar-refractivity contribution in [3.05, 3.63) is 65.3 Å². The van der Waals surface area contributed by atoms with E-state index in [0.29, 0.717) is 10.7 Å². The third kappa shape index (κ3) is 4.77. The normalized spacial score (nSPS) is 10.7. The molecule has 2 rings (SSSR count). The Bertz CT molecular complexity index is 809. The molecule has 0 bridgehead atoms. The fourth-order valence-corrected chi connectivity index (χ4v) is 2.13. The Morgan fingerprint density at radius 3 is 2.54 bits per heavy atom. The Hall–Kier alpha value is -2.97. The quantitative estimate of drug-likeness (QED) is 0.640. The van der Waals surface area contributed by atoms with E-state index in [2.05, 4.69) is 10.6 Å². The van der Waals surface area contributed by atoms with Crippen LogP contribution in [-0.4, -0.2) is 20.0 Å². The number of hydrogen-bond donors (Lipinski definition) is 2. The van der Waals surface area contributed by atoms with Gasteiger partial charge in [0.15, 0.2) is 0 Å². The van der Waals surface area contributed by atoms with E-state index in [1.54, 1.807) is 24.3 Å². The predicted octanol–water partition coefficient (Wildman–Crippen LogP) is 3.86. The molecule has 0 fully saturated rings. The van der Waals surface area contributed by atoms with Crippen molar-refractivity contribution >= 4 is 34.6 Å². The summed E-state index contributed by atoms with van der Waals surface area (Å²) in [6.45, 7) is 0. The van der Waals surface area contributed by atoms with E-state index < -0.39 is 5.91 Å². The van der Waals surface area contributed by atoms with E-state index in [1.807, 2.05) is 49.3 Å². The van der Waals surface area contributed by atoms with Crippen molar-refractivity contribution in [2.24, 2.45) is 0 Å². The number of anilines is 3. The number of carbonyl (C=O) groups is 1. The standard InChI is InChI=1S/C18H17ClN4O/c1-23(2)17-8-4-6-15(10-17)21-12-13(11-20)18(24)22-16-7-3-5-14(19)9-16/h3-10,12,21H,1-2H3,(H,22,24)/b13-12-. The number of benzene rings is 2. The highest BCUT2D eigenvalue weighted by molar-refractivity contribution is 6.31. The molecule has 0 atom stereocenters. The Kier molecular flexibility index (Phi) is 5.83. The van der Waals surface area contributed by atoms with Crippen LogP contribution < -0.4 is 15.5 Å². The lowest BCUT2D eigenvalue weighted by atomic mass is 10.2. The van der Waals surface area contributed by atoms with E-state index >= 15 is 0 Å². The number of nitriles is 1. The maximum absolute atomic E-state index is 12.2. The Labute approximate surface area is 146 Å². The second kappa shape index (κ2) is 8.04. The highest BCUT2D eigenvalue weighted by Gasteiger charge is 2.09. The molecule has 0 saturated heterocycles. The van der Waals surface area contributed by atoms with Gasteiger partial charge in [0, 0.05) is 42.4 Å². The third-order valence-corrected chi connectivity index (χ3v) is 3.43. The minimum Gasteiger partial charge on any atom is -0.378 e. The lowest BCUT2D eigenvalue weighted by Gasteiger charge is -2.13. The molecule has 6 heteroatoms. The molecule has 0 saturated carbocycles. The molecule has 0 spiro atoms. The summed E-state index contributed by atoms with van der Waals surface area (Å²) in [6, 6.07) is 16.3. The number of nitrogens with one attached hydrogen (secondary N) is 2. The molecule has 0 aliphatic carbocycles. The molecular formula is C18H17ClN4O. The van der Waals surface area contributed by atoms with Gasteiger partial charge in [-0.2, -0.15) is 5.26 Å². The van der Waals surface area contributed by atoms with Crippen molar-refractivity contribution in [2.75, 3.05) is 29.6 Å². The lowest BCUT2D eigenvalue weighted by Crippen LogP contribution is -2.14. The summed E-state index contributed by atoms with van der Waals surface area (Å²) in [6.07, 6.45) is 1.38. The zero-order valence-electron chi connectivity index (χ0n) is 13.4. The van der Waals surface area contributed by atoms with Gasteiger partial charge in [0.05, 0.1) is 0 Å². The summed E-state index contributed by atoms with van der Waals surface area (Å²) in [4.78, 5) is 14.1. The zero-order chi connectivity index (χ0) is 17.5. The molecular weight excluding hydrogens is 324 g/mol. The highest BCUT2D eigenvalue weighted by atomic mass is 35.5. The Balaban J connectivity index is 2.10. The topological polar surface area (TPSA) is 68.2 Å². The van der Waals surface area contributed by atoms with Crippen LogP contribution in [0.4, 0.5) is 17.1 Å². The van der Waals surface area contributed by atoms with Crippen LogP contribution in [0.1, 0.15) is 0 Å². The van der Waals surface area contributed by atoms with Crippen LogP contribution in [0.3, 0.4) is 0 Å². The van der Waals surface area contributed by atoms with E-state index in [1.165, 1.54) is 6.20 Å². The smallest absolute Gasteiger partial charge is 0.267 e. The van der Waals surface area contributed by atoms with Gasteiger partial charge in [0.2, 0.25) is 0 Å². The van der Waals surface area contributed by atoms with Crippen LogP contribution in [-0.2, 0) is 4.79 Å². The molecule has 5 nitrogen and oxygen atoms in total. The molecule has 0 radical (unpaired) electrons. The number of carbonyl (C=O) groups excluding carboxylic acids is 1. The monoisotopic (exact) mass is 340 g/mol. The number of hydrogen-bond acceptors (Lipinski definition) is 4. The molecule has 0 heterocycles. The predicted molar refractivity (Wildman–Crippen MR) is 98.2 cm³/mol. The lowest BCUT2D eigenvalue weighted by molar-refractivity contribution is -0.112. The second-order valence-electron chi connectivity index (χ2n) is 5.22. The maximum atomic E-state index is 12.2. The molecule has 24 heavy (non-hydrogen) atoms. The summed E-state index contributed by atoms with van der Waals surface area (Å²) >= 11 is 5.88. The van der Waals surface area contributed by atoms with Gasteiger partial charge in [-0.15, -0.1) is 0 Å². The fraction of sp³-hybridized carbons (Fsp3) is 0.111. The van der Waals surface area contributed by atoms with E-state index in [9.17, 15) is 10.1 Å². The molecule has 122 valence electrons. The van der Waals surface area contributed by atoms with Gasteiger partial charge >= 0.3 is 0 Å². The van der Waals surface area contributed by atoms with Gasteiger partial charge in [-0.3, -0.25) is 4.79 Å². The number of nitrogens with zero attached hydrogens (tertiary/aromatic N) is 2. The first-order valence-electron chi connectivity index (χ1n) is 7.20. The summed E-state index contributed by atoms with van der Waals surface area (Å²) in [5, 5.41) is 15.3. The van der Waals surface area contributed by atoms with Crippen molar-refractivity contribution in [3.63, 3.8) is 0 Å². The first kappa shape index (κ1) is 17.4. The maximum Gasteiger partial charge on any atom is 0.267 e. The van der Waals surface area contributed by atoms with Crippen molar-refractivity contribution in [1.29, 1.82) is 5.26 Å². The summed E-state index contributed by atoms with van der Waals surface area (Å²) in [5.74, 6) is -0.504. The molecule has 0 unspecified atom stereocenters. The Morgan fingerprint density at radius 1 is 1.17 bits per heavy atom. The molecule has 0 aliphatic heterocycles. The highest BCUT2D eigenvalue weighted by Crippen LogP contribution is 2.18. The van der Waals surface area contributed by atoms with Crippen molar-refractivity contribution in [1.82, 2.24) is 0 Å². The van der Waals surface area contributed by atoms with E-state index in [0.717, 1.165) is 11.4 Å². The largest absolute Gasteiger partial charge is 0.378 e. The van der Waals surface area contributed by atoms with Crippen LogP contribution in [0.5, 0.6) is 0 Å². The van der Waals surface area contributed by atoms with Gasteiger partial charge in [0.1, 0.15) is 11.6 Å². The van der Waals surface area contributed by atoms with Gasteiger partial charge in [0.25, 0.3) is 5.91 Å². The van der Waals surface area contributed by atoms with Gasteiger partial charge < -0.3 is 15.5 Å². The van der Waals surface area contributed by atoms with Crippen LogP contribution in [0.2, 0.25) is 5.02 Å². The summed E-state index contributed by atoms with van der Waals surface area (Å²) < 4.78 is 0. The molecule has 0 aliphatic rings. The second-order valence-corrected chi connectivity index (χ2v) is 5.66. The zero-order valence-corrected chi connectivity index (χ0v) is 14.1. The average molecular weight is 341 g/mol. The number of halogens is 1. The Morgan fingerprint density at radius 2 is 1.88 bits per heavy atom. The van der Waals surface area contributed by atoms with Gasteiger partial charge in [-0.1, -0.05) is 23.7 Å². The molecule has 2 aromatic rings. The van der Waals surface area contributed by atoms with Crippen LogP contribution in [0.15, 0.2) is 60.3 Å². The third-order valence-electron chi connectivity index (χ3n) is 3.19.